The van der Waals surface area contributed by atoms with E-state index < -0.39 is 0 Å². The molecule has 4 heteroatoms. The Labute approximate surface area is 133 Å². The van der Waals surface area contributed by atoms with Crippen molar-refractivity contribution in [3.8, 4) is 0 Å². The fourth-order valence-corrected chi connectivity index (χ4v) is 3.10. The number of carbonyl (C=O) groups is 1. The summed E-state index contributed by atoms with van der Waals surface area (Å²) in [6.45, 7) is 8.74. The molecule has 1 aliphatic carbocycles. The van der Waals surface area contributed by atoms with Crippen LogP contribution in [0.5, 0.6) is 0 Å². The minimum Gasteiger partial charge on any atom is -0.368 e. The van der Waals surface area contributed by atoms with E-state index in [1.165, 1.54) is 29.7 Å². The molecular formula is C18H27N3O. The molecule has 1 aromatic rings. The molecule has 1 heterocycles. The van der Waals surface area contributed by atoms with E-state index in [1.807, 2.05) is 4.90 Å². The zero-order valence-electron chi connectivity index (χ0n) is 13.8. The highest BCUT2D eigenvalue weighted by Crippen LogP contribution is 2.24. The minimum absolute atomic E-state index is 0.300. The zero-order chi connectivity index (χ0) is 15.5. The molecule has 4 nitrogen and oxygen atoms in total. The number of benzene rings is 1. The Kier molecular flexibility index (Phi) is 4.67. The minimum atomic E-state index is 0.300. The van der Waals surface area contributed by atoms with E-state index in [9.17, 15) is 4.79 Å². The number of nitrogens with one attached hydrogen (secondary N) is 1. The van der Waals surface area contributed by atoms with Gasteiger partial charge in [-0.1, -0.05) is 12.1 Å². The smallest absolute Gasteiger partial charge is 0.223 e. The first kappa shape index (κ1) is 15.3. The van der Waals surface area contributed by atoms with Crippen LogP contribution < -0.4 is 10.2 Å². The summed E-state index contributed by atoms with van der Waals surface area (Å²) < 4.78 is 0. The van der Waals surface area contributed by atoms with E-state index in [4.69, 9.17) is 0 Å². The quantitative estimate of drug-likeness (QED) is 0.904. The molecular weight excluding hydrogens is 274 g/mol. The van der Waals surface area contributed by atoms with Gasteiger partial charge in [0.2, 0.25) is 5.91 Å². The fraction of sp³-hybridized carbons (Fsp3) is 0.611. The Morgan fingerprint density at radius 1 is 1.18 bits per heavy atom. The highest BCUT2D eigenvalue weighted by molar-refractivity contribution is 5.76. The van der Waals surface area contributed by atoms with Gasteiger partial charge in [0.25, 0.3) is 0 Å². The van der Waals surface area contributed by atoms with Crippen molar-refractivity contribution in [2.75, 3.05) is 37.6 Å². The van der Waals surface area contributed by atoms with Crippen LogP contribution in [0.1, 0.15) is 30.4 Å². The van der Waals surface area contributed by atoms with Crippen LogP contribution in [0.25, 0.3) is 0 Å². The third-order valence-electron chi connectivity index (χ3n) is 4.90. The van der Waals surface area contributed by atoms with Crippen molar-refractivity contribution < 1.29 is 4.79 Å². The van der Waals surface area contributed by atoms with Crippen molar-refractivity contribution in [2.24, 2.45) is 0 Å². The summed E-state index contributed by atoms with van der Waals surface area (Å²) >= 11 is 0. The molecule has 22 heavy (non-hydrogen) atoms. The highest BCUT2D eigenvalue weighted by Gasteiger charge is 2.23. The molecule has 1 aromatic carbocycles. The fourth-order valence-electron chi connectivity index (χ4n) is 3.10. The lowest BCUT2D eigenvalue weighted by atomic mass is 10.1. The average Bonchev–Trinajstić information content (AvgIpc) is 3.34. The molecule has 1 amide bonds. The van der Waals surface area contributed by atoms with Gasteiger partial charge in [-0.3, -0.25) is 4.79 Å². The van der Waals surface area contributed by atoms with E-state index in [-0.39, 0.29) is 0 Å². The van der Waals surface area contributed by atoms with Crippen LogP contribution in [0.15, 0.2) is 18.2 Å². The van der Waals surface area contributed by atoms with Gasteiger partial charge in [0, 0.05) is 50.9 Å². The van der Waals surface area contributed by atoms with Crippen molar-refractivity contribution in [3.05, 3.63) is 29.3 Å². The molecule has 0 bridgehead atoms. The van der Waals surface area contributed by atoms with Crippen molar-refractivity contribution in [1.29, 1.82) is 0 Å². The van der Waals surface area contributed by atoms with Crippen LogP contribution in [0.4, 0.5) is 5.69 Å². The van der Waals surface area contributed by atoms with E-state index in [1.54, 1.807) is 0 Å². The summed E-state index contributed by atoms with van der Waals surface area (Å²) in [6.07, 6.45) is 3.20. The van der Waals surface area contributed by atoms with Gasteiger partial charge < -0.3 is 15.1 Å². The molecule has 1 N–H and O–H groups in total. The summed E-state index contributed by atoms with van der Waals surface area (Å²) in [4.78, 5) is 16.7. The van der Waals surface area contributed by atoms with E-state index in [0.29, 0.717) is 18.4 Å². The number of hydrogen-bond acceptors (Lipinski definition) is 3. The Bertz CT molecular complexity index is 531. The van der Waals surface area contributed by atoms with Crippen LogP contribution in [-0.4, -0.2) is 49.6 Å². The largest absolute Gasteiger partial charge is 0.368 e. The lowest BCUT2D eigenvalue weighted by Gasteiger charge is -2.37. The summed E-state index contributed by atoms with van der Waals surface area (Å²) in [6, 6.07) is 7.16. The first-order valence-electron chi connectivity index (χ1n) is 8.47. The van der Waals surface area contributed by atoms with Gasteiger partial charge in [0.05, 0.1) is 0 Å². The number of piperazine rings is 1. The monoisotopic (exact) mass is 301 g/mol. The summed E-state index contributed by atoms with van der Waals surface area (Å²) in [7, 11) is 0. The van der Waals surface area contributed by atoms with Crippen LogP contribution in [0.3, 0.4) is 0 Å². The molecule has 0 aromatic heterocycles. The molecule has 1 saturated carbocycles. The standard InChI is InChI=1S/C18H27N3O/c1-14-4-3-5-17(15(14)2)20-10-12-21(13-11-20)18(22)8-9-19-16-6-7-16/h3-5,16,19H,6-13H2,1-2H3. The predicted molar refractivity (Wildman–Crippen MR) is 90.4 cm³/mol. The molecule has 2 aliphatic rings. The maximum atomic E-state index is 12.2. The second-order valence-corrected chi connectivity index (χ2v) is 6.57. The summed E-state index contributed by atoms with van der Waals surface area (Å²) in [5.41, 5.74) is 4.01. The van der Waals surface area contributed by atoms with Crippen LogP contribution >= 0.6 is 0 Å². The number of amides is 1. The SMILES string of the molecule is Cc1cccc(N2CCN(C(=O)CCNC3CC3)CC2)c1C. The Morgan fingerprint density at radius 2 is 1.91 bits per heavy atom. The highest BCUT2D eigenvalue weighted by atomic mass is 16.2. The number of hydrogen-bond donors (Lipinski definition) is 1. The Morgan fingerprint density at radius 3 is 2.59 bits per heavy atom. The maximum absolute atomic E-state index is 12.2. The lowest BCUT2D eigenvalue weighted by Crippen LogP contribution is -2.49. The maximum Gasteiger partial charge on any atom is 0.223 e. The topological polar surface area (TPSA) is 35.6 Å². The molecule has 120 valence electrons. The van der Waals surface area contributed by atoms with Gasteiger partial charge >= 0.3 is 0 Å². The first-order chi connectivity index (χ1) is 10.6. The molecule has 1 aliphatic heterocycles. The van der Waals surface area contributed by atoms with Gasteiger partial charge in [-0.2, -0.15) is 0 Å². The summed E-state index contributed by atoms with van der Waals surface area (Å²) in [5, 5.41) is 3.42. The second-order valence-electron chi connectivity index (χ2n) is 6.57. The van der Waals surface area contributed by atoms with Gasteiger partial charge in [0.1, 0.15) is 0 Å². The number of anilines is 1. The summed E-state index contributed by atoms with van der Waals surface area (Å²) in [5.74, 6) is 0.300. The van der Waals surface area contributed by atoms with E-state index in [2.05, 4.69) is 42.3 Å². The van der Waals surface area contributed by atoms with Crippen molar-refractivity contribution in [2.45, 2.75) is 39.2 Å². The van der Waals surface area contributed by atoms with Crippen LogP contribution in [0, 0.1) is 13.8 Å². The van der Waals surface area contributed by atoms with Crippen molar-refractivity contribution in [3.63, 3.8) is 0 Å². The third-order valence-corrected chi connectivity index (χ3v) is 4.90. The molecule has 2 fully saturated rings. The number of carbonyl (C=O) groups excluding carboxylic acids is 1. The van der Waals surface area contributed by atoms with Crippen LogP contribution in [0.2, 0.25) is 0 Å². The van der Waals surface area contributed by atoms with E-state index >= 15 is 0 Å². The van der Waals surface area contributed by atoms with Crippen LogP contribution in [-0.2, 0) is 4.79 Å². The van der Waals surface area contributed by atoms with Gasteiger partial charge in [-0.05, 0) is 43.9 Å². The molecule has 3 rings (SSSR count). The molecule has 0 radical (unpaired) electrons. The molecule has 0 spiro atoms. The second kappa shape index (κ2) is 6.69. The molecule has 0 atom stereocenters. The van der Waals surface area contributed by atoms with E-state index in [0.717, 1.165) is 32.7 Å². The van der Waals surface area contributed by atoms with Gasteiger partial charge in [0.15, 0.2) is 0 Å². The zero-order valence-corrected chi connectivity index (χ0v) is 13.8. The van der Waals surface area contributed by atoms with Gasteiger partial charge in [-0.25, -0.2) is 0 Å². The van der Waals surface area contributed by atoms with Crippen molar-refractivity contribution in [1.82, 2.24) is 10.2 Å². The normalized spacial score (nSPS) is 18.6. The first-order valence-corrected chi connectivity index (χ1v) is 8.47. The lowest BCUT2D eigenvalue weighted by molar-refractivity contribution is -0.131. The predicted octanol–water partition coefficient (Wildman–Crippen LogP) is 2.09. The molecule has 1 saturated heterocycles. The average molecular weight is 301 g/mol. The number of rotatable bonds is 5. The molecule has 0 unspecified atom stereocenters. The Balaban J connectivity index is 1.49. The number of nitrogens with zero attached hydrogens (tertiary/aromatic N) is 2. The Hall–Kier alpha value is -1.55. The van der Waals surface area contributed by atoms with Gasteiger partial charge in [-0.15, -0.1) is 0 Å². The third kappa shape index (κ3) is 3.61. The van der Waals surface area contributed by atoms with Crippen molar-refractivity contribution >= 4 is 11.6 Å². The number of aryl methyl sites for hydroxylation is 1.